The summed E-state index contributed by atoms with van der Waals surface area (Å²) in [4.78, 5) is 23.1. The highest BCUT2D eigenvalue weighted by molar-refractivity contribution is 5.90. The number of methoxy groups -OCH3 is 1. The molecule has 0 aliphatic carbocycles. The number of ether oxygens (including phenoxy) is 2. The zero-order chi connectivity index (χ0) is 18.2. The molecule has 0 radical (unpaired) electrons. The summed E-state index contributed by atoms with van der Waals surface area (Å²) in [6.07, 6.45) is 1.48. The largest absolute Gasteiger partial charge is 0.483 e. The summed E-state index contributed by atoms with van der Waals surface area (Å²) in [5, 5.41) is 3.87. The first-order valence-corrected chi connectivity index (χ1v) is 7.70. The minimum absolute atomic E-state index is 0.122. The Morgan fingerprint density at radius 1 is 1.12 bits per heavy atom. The van der Waals surface area contributed by atoms with E-state index in [1.54, 1.807) is 24.3 Å². The van der Waals surface area contributed by atoms with Gasteiger partial charge >= 0.3 is 5.97 Å². The fraction of sp³-hybridized carbons (Fsp3) is 0.211. The van der Waals surface area contributed by atoms with Gasteiger partial charge in [0.15, 0.2) is 6.61 Å². The van der Waals surface area contributed by atoms with Crippen LogP contribution in [-0.4, -0.2) is 31.8 Å². The van der Waals surface area contributed by atoms with Crippen molar-refractivity contribution < 1.29 is 19.1 Å². The third-order valence-corrected chi connectivity index (χ3v) is 3.44. The quantitative estimate of drug-likeness (QED) is 0.498. The number of hydrogen-bond acceptors (Lipinski definition) is 5. The van der Waals surface area contributed by atoms with Gasteiger partial charge in [-0.15, -0.1) is 0 Å². The Bertz CT molecular complexity index is 783. The molecule has 6 heteroatoms. The third kappa shape index (κ3) is 5.46. The van der Waals surface area contributed by atoms with Crippen LogP contribution in [0.15, 0.2) is 47.6 Å². The number of hydrazone groups is 1. The summed E-state index contributed by atoms with van der Waals surface area (Å²) < 4.78 is 10.1. The number of nitrogens with one attached hydrogen (secondary N) is 1. The van der Waals surface area contributed by atoms with Crippen molar-refractivity contribution in [1.82, 2.24) is 5.43 Å². The molecule has 0 saturated carbocycles. The minimum Gasteiger partial charge on any atom is -0.483 e. The van der Waals surface area contributed by atoms with Crippen LogP contribution in [-0.2, 0) is 9.53 Å². The van der Waals surface area contributed by atoms with E-state index in [4.69, 9.17) is 4.74 Å². The van der Waals surface area contributed by atoms with Gasteiger partial charge in [-0.2, -0.15) is 5.10 Å². The minimum atomic E-state index is -0.402. The van der Waals surface area contributed by atoms with Gasteiger partial charge in [0.2, 0.25) is 0 Å². The molecule has 0 aliphatic heterocycles. The molecule has 6 nitrogen and oxygen atoms in total. The molecule has 0 atom stereocenters. The average Bonchev–Trinajstić information content (AvgIpc) is 2.62. The maximum Gasteiger partial charge on any atom is 0.337 e. The van der Waals surface area contributed by atoms with Gasteiger partial charge in [-0.1, -0.05) is 24.3 Å². The first-order chi connectivity index (χ1) is 12.0. The standard InChI is InChI=1S/C19H20N2O4/c1-13-4-5-14(2)17(10-13)25-12-18(22)21-20-11-15-6-8-16(9-7-15)19(23)24-3/h4-11H,12H2,1-3H3,(H,21,22)/b20-11-. The van der Waals surface area contributed by atoms with Crippen LogP contribution in [0.1, 0.15) is 27.0 Å². The maximum atomic E-state index is 11.8. The van der Waals surface area contributed by atoms with E-state index >= 15 is 0 Å². The lowest BCUT2D eigenvalue weighted by Gasteiger charge is -2.08. The lowest BCUT2D eigenvalue weighted by molar-refractivity contribution is -0.123. The smallest absolute Gasteiger partial charge is 0.337 e. The Morgan fingerprint density at radius 2 is 1.84 bits per heavy atom. The molecule has 0 aromatic heterocycles. The molecule has 0 bridgehead atoms. The second kappa shape index (κ2) is 8.63. The van der Waals surface area contributed by atoms with Crippen LogP contribution in [0.2, 0.25) is 0 Å². The molecule has 25 heavy (non-hydrogen) atoms. The molecule has 0 saturated heterocycles. The first-order valence-electron chi connectivity index (χ1n) is 7.70. The van der Waals surface area contributed by atoms with Crippen LogP contribution in [0.4, 0.5) is 0 Å². The van der Waals surface area contributed by atoms with Gasteiger partial charge in [-0.3, -0.25) is 4.79 Å². The molecule has 2 aromatic carbocycles. The fourth-order valence-electron chi connectivity index (χ4n) is 2.04. The lowest BCUT2D eigenvalue weighted by Crippen LogP contribution is -2.24. The van der Waals surface area contributed by atoms with Crippen LogP contribution in [0.5, 0.6) is 5.75 Å². The van der Waals surface area contributed by atoms with Crippen molar-refractivity contribution in [3.8, 4) is 5.75 Å². The van der Waals surface area contributed by atoms with Crippen LogP contribution in [0.3, 0.4) is 0 Å². The van der Waals surface area contributed by atoms with Crippen LogP contribution >= 0.6 is 0 Å². The molecule has 0 aliphatic rings. The Morgan fingerprint density at radius 3 is 2.52 bits per heavy atom. The van der Waals surface area contributed by atoms with Crippen molar-refractivity contribution in [1.29, 1.82) is 0 Å². The number of aryl methyl sites for hydroxylation is 2. The van der Waals surface area contributed by atoms with E-state index < -0.39 is 5.97 Å². The van der Waals surface area contributed by atoms with E-state index in [1.807, 2.05) is 32.0 Å². The van der Waals surface area contributed by atoms with Gasteiger partial charge in [-0.25, -0.2) is 10.2 Å². The normalized spacial score (nSPS) is 10.5. The Labute approximate surface area is 146 Å². The monoisotopic (exact) mass is 340 g/mol. The SMILES string of the molecule is COC(=O)c1ccc(/C=N\NC(=O)COc2cc(C)ccc2C)cc1. The Kier molecular flexibility index (Phi) is 6.28. The first kappa shape index (κ1) is 18.2. The number of rotatable bonds is 6. The molecule has 0 heterocycles. The Balaban J connectivity index is 1.84. The molecule has 2 aromatic rings. The topological polar surface area (TPSA) is 77.0 Å². The van der Waals surface area contributed by atoms with Crippen LogP contribution < -0.4 is 10.2 Å². The predicted molar refractivity (Wildman–Crippen MR) is 94.9 cm³/mol. The maximum absolute atomic E-state index is 11.8. The zero-order valence-corrected chi connectivity index (χ0v) is 14.4. The van der Waals surface area contributed by atoms with E-state index in [1.165, 1.54) is 13.3 Å². The molecule has 2 rings (SSSR count). The highest BCUT2D eigenvalue weighted by Crippen LogP contribution is 2.18. The van der Waals surface area contributed by atoms with Gasteiger partial charge in [0, 0.05) is 0 Å². The van der Waals surface area contributed by atoms with Crippen molar-refractivity contribution in [3.63, 3.8) is 0 Å². The molecule has 130 valence electrons. The molecule has 1 N–H and O–H groups in total. The van der Waals surface area contributed by atoms with Gasteiger partial charge in [0.05, 0.1) is 18.9 Å². The third-order valence-electron chi connectivity index (χ3n) is 3.44. The lowest BCUT2D eigenvalue weighted by atomic mass is 10.1. The van der Waals surface area contributed by atoms with Crippen molar-refractivity contribution >= 4 is 18.1 Å². The fourth-order valence-corrected chi connectivity index (χ4v) is 2.04. The number of benzene rings is 2. The summed E-state index contributed by atoms with van der Waals surface area (Å²) in [6.45, 7) is 3.76. The zero-order valence-electron chi connectivity index (χ0n) is 14.4. The number of esters is 1. The number of hydrogen-bond donors (Lipinski definition) is 1. The number of carbonyl (C=O) groups is 2. The van der Waals surface area contributed by atoms with Crippen molar-refractivity contribution in [2.45, 2.75) is 13.8 Å². The summed E-state index contributed by atoms with van der Waals surface area (Å²) in [5.74, 6) is -0.0822. The number of amides is 1. The molecular formula is C19H20N2O4. The van der Waals surface area contributed by atoms with Gasteiger partial charge in [0.1, 0.15) is 5.75 Å². The molecule has 0 fully saturated rings. The predicted octanol–water partition coefficient (Wildman–Crippen LogP) is 2.62. The summed E-state index contributed by atoms with van der Waals surface area (Å²) >= 11 is 0. The van der Waals surface area contributed by atoms with E-state index in [0.717, 1.165) is 16.7 Å². The van der Waals surface area contributed by atoms with E-state index in [2.05, 4.69) is 15.3 Å². The number of carbonyl (C=O) groups excluding carboxylic acids is 2. The van der Waals surface area contributed by atoms with Crippen molar-refractivity contribution in [3.05, 3.63) is 64.7 Å². The van der Waals surface area contributed by atoms with Gasteiger partial charge in [-0.05, 0) is 48.7 Å². The summed E-state index contributed by atoms with van der Waals surface area (Å²) in [7, 11) is 1.33. The summed E-state index contributed by atoms with van der Waals surface area (Å²) in [5.41, 5.74) is 5.62. The molecular weight excluding hydrogens is 320 g/mol. The van der Waals surface area contributed by atoms with E-state index in [0.29, 0.717) is 11.3 Å². The Hall–Kier alpha value is -3.15. The van der Waals surface area contributed by atoms with Crippen molar-refractivity contribution in [2.75, 3.05) is 13.7 Å². The van der Waals surface area contributed by atoms with Crippen molar-refractivity contribution in [2.24, 2.45) is 5.10 Å². The van der Waals surface area contributed by atoms with Gasteiger partial charge < -0.3 is 9.47 Å². The number of nitrogens with zero attached hydrogens (tertiary/aromatic N) is 1. The molecule has 0 unspecified atom stereocenters. The molecule has 0 spiro atoms. The highest BCUT2D eigenvalue weighted by Gasteiger charge is 2.05. The van der Waals surface area contributed by atoms with Gasteiger partial charge in [0.25, 0.3) is 5.91 Å². The van der Waals surface area contributed by atoms with Crippen LogP contribution in [0.25, 0.3) is 0 Å². The van der Waals surface area contributed by atoms with E-state index in [9.17, 15) is 9.59 Å². The summed E-state index contributed by atoms with van der Waals surface area (Å²) in [6, 6.07) is 12.5. The average molecular weight is 340 g/mol. The second-order valence-electron chi connectivity index (χ2n) is 5.46. The highest BCUT2D eigenvalue weighted by atomic mass is 16.5. The van der Waals surface area contributed by atoms with E-state index in [-0.39, 0.29) is 12.5 Å². The second-order valence-corrected chi connectivity index (χ2v) is 5.46. The molecule has 1 amide bonds. The van der Waals surface area contributed by atoms with Crippen LogP contribution in [0, 0.1) is 13.8 Å².